The Morgan fingerprint density at radius 1 is 1.38 bits per heavy atom. The second-order valence-electron chi connectivity index (χ2n) is 5.62. The molecular formula is C16H20Cl2N4O2. The number of rotatable bonds is 6. The number of aromatic nitrogens is 2. The summed E-state index contributed by atoms with van der Waals surface area (Å²) in [6.07, 6.45) is 3.26. The Bertz CT molecular complexity index is 654. The minimum atomic E-state index is 0. The molecule has 0 aliphatic carbocycles. The molecule has 1 aliphatic rings. The molecule has 3 rings (SSSR count). The van der Waals surface area contributed by atoms with Gasteiger partial charge in [0.15, 0.2) is 0 Å². The highest BCUT2D eigenvalue weighted by Crippen LogP contribution is 2.18. The van der Waals surface area contributed by atoms with Crippen LogP contribution in [0, 0.1) is 0 Å². The van der Waals surface area contributed by atoms with Gasteiger partial charge in [0.25, 0.3) is 0 Å². The van der Waals surface area contributed by atoms with Gasteiger partial charge in [-0.05, 0) is 43.7 Å². The third-order valence-corrected chi connectivity index (χ3v) is 4.08. The second-order valence-corrected chi connectivity index (χ2v) is 6.05. The predicted octanol–water partition coefficient (Wildman–Crippen LogP) is 2.61. The molecule has 1 amide bonds. The van der Waals surface area contributed by atoms with Gasteiger partial charge in [0.2, 0.25) is 17.6 Å². The zero-order chi connectivity index (χ0) is 16.1. The van der Waals surface area contributed by atoms with Crippen LogP contribution in [0.5, 0.6) is 0 Å². The van der Waals surface area contributed by atoms with E-state index in [1.165, 1.54) is 0 Å². The van der Waals surface area contributed by atoms with E-state index in [0.29, 0.717) is 42.2 Å². The fraction of sp³-hybridized carbons (Fsp3) is 0.438. The quantitative estimate of drug-likeness (QED) is 0.816. The number of carbonyl (C=O) groups is 1. The SMILES string of the molecule is Cl.O=C(CC1CCCN1)NCCc1nc(-c2ccc(Cl)cc2)no1. The summed E-state index contributed by atoms with van der Waals surface area (Å²) in [7, 11) is 0. The van der Waals surface area contributed by atoms with Crippen LogP contribution in [0.25, 0.3) is 11.4 Å². The summed E-state index contributed by atoms with van der Waals surface area (Å²) >= 11 is 5.85. The molecule has 0 radical (unpaired) electrons. The third kappa shape index (κ3) is 5.19. The molecule has 1 aliphatic heterocycles. The van der Waals surface area contributed by atoms with Gasteiger partial charge in [0, 0.05) is 36.0 Å². The van der Waals surface area contributed by atoms with E-state index in [2.05, 4.69) is 20.8 Å². The highest BCUT2D eigenvalue weighted by molar-refractivity contribution is 6.30. The first-order chi connectivity index (χ1) is 11.2. The van der Waals surface area contributed by atoms with Gasteiger partial charge in [0.05, 0.1) is 0 Å². The molecule has 1 unspecified atom stereocenters. The zero-order valence-electron chi connectivity index (χ0n) is 13.1. The van der Waals surface area contributed by atoms with Gasteiger partial charge in [-0.15, -0.1) is 12.4 Å². The second kappa shape index (κ2) is 9.01. The van der Waals surface area contributed by atoms with Crippen molar-refractivity contribution in [1.82, 2.24) is 20.8 Å². The number of hydrogen-bond acceptors (Lipinski definition) is 5. The fourth-order valence-electron chi connectivity index (χ4n) is 2.61. The van der Waals surface area contributed by atoms with Gasteiger partial charge >= 0.3 is 0 Å². The minimum absolute atomic E-state index is 0. The Labute approximate surface area is 151 Å². The number of nitrogens with one attached hydrogen (secondary N) is 2. The lowest BCUT2D eigenvalue weighted by molar-refractivity contribution is -0.121. The monoisotopic (exact) mass is 370 g/mol. The Morgan fingerprint density at radius 3 is 2.88 bits per heavy atom. The Morgan fingerprint density at radius 2 is 2.17 bits per heavy atom. The van der Waals surface area contributed by atoms with E-state index < -0.39 is 0 Å². The normalized spacial score (nSPS) is 16.6. The van der Waals surface area contributed by atoms with Gasteiger partial charge in [-0.2, -0.15) is 4.98 Å². The van der Waals surface area contributed by atoms with E-state index in [4.69, 9.17) is 16.1 Å². The molecule has 0 bridgehead atoms. The van der Waals surface area contributed by atoms with Crippen LogP contribution in [0.1, 0.15) is 25.2 Å². The van der Waals surface area contributed by atoms with Crippen LogP contribution < -0.4 is 10.6 Å². The summed E-state index contributed by atoms with van der Waals surface area (Å²) in [5.74, 6) is 1.09. The van der Waals surface area contributed by atoms with Crippen molar-refractivity contribution in [3.63, 3.8) is 0 Å². The lowest BCUT2D eigenvalue weighted by Crippen LogP contribution is -2.32. The van der Waals surface area contributed by atoms with Gasteiger partial charge in [-0.3, -0.25) is 4.79 Å². The highest BCUT2D eigenvalue weighted by atomic mass is 35.5. The van der Waals surface area contributed by atoms with Crippen molar-refractivity contribution in [1.29, 1.82) is 0 Å². The molecule has 1 aromatic carbocycles. The molecule has 24 heavy (non-hydrogen) atoms. The highest BCUT2D eigenvalue weighted by Gasteiger charge is 2.17. The maximum Gasteiger partial charge on any atom is 0.228 e. The molecular weight excluding hydrogens is 351 g/mol. The maximum absolute atomic E-state index is 11.8. The van der Waals surface area contributed by atoms with E-state index in [-0.39, 0.29) is 18.3 Å². The summed E-state index contributed by atoms with van der Waals surface area (Å²) < 4.78 is 5.21. The van der Waals surface area contributed by atoms with E-state index in [9.17, 15) is 4.79 Å². The lowest BCUT2D eigenvalue weighted by atomic mass is 10.1. The summed E-state index contributed by atoms with van der Waals surface area (Å²) in [4.78, 5) is 16.1. The molecule has 6 nitrogen and oxygen atoms in total. The van der Waals surface area contributed by atoms with Gasteiger partial charge in [0.1, 0.15) is 0 Å². The molecule has 2 heterocycles. The van der Waals surface area contributed by atoms with Crippen LogP contribution in [0.2, 0.25) is 5.02 Å². The minimum Gasteiger partial charge on any atom is -0.356 e. The largest absolute Gasteiger partial charge is 0.356 e. The molecule has 130 valence electrons. The summed E-state index contributed by atoms with van der Waals surface area (Å²) in [6.45, 7) is 1.50. The molecule has 0 spiro atoms. The van der Waals surface area contributed by atoms with Crippen LogP contribution in [0.15, 0.2) is 28.8 Å². The number of benzene rings is 1. The van der Waals surface area contributed by atoms with Crippen molar-refractivity contribution in [2.45, 2.75) is 31.7 Å². The van der Waals surface area contributed by atoms with Crippen LogP contribution >= 0.6 is 24.0 Å². The molecule has 2 aromatic rings. The summed E-state index contributed by atoms with van der Waals surface area (Å²) in [5.41, 5.74) is 0.848. The van der Waals surface area contributed by atoms with Crippen molar-refractivity contribution in [2.24, 2.45) is 0 Å². The first-order valence-corrected chi connectivity index (χ1v) is 8.17. The van der Waals surface area contributed by atoms with E-state index in [0.717, 1.165) is 24.9 Å². The van der Waals surface area contributed by atoms with Crippen molar-refractivity contribution >= 4 is 29.9 Å². The molecule has 1 atom stereocenters. The zero-order valence-corrected chi connectivity index (χ0v) is 14.7. The standard InChI is InChI=1S/C16H19ClN4O2.ClH/c17-12-5-3-11(4-6-12)16-20-15(23-21-16)7-9-19-14(22)10-13-2-1-8-18-13;/h3-6,13,18H,1-2,7-10H2,(H,19,22);1H. The maximum atomic E-state index is 11.8. The van der Waals surface area contributed by atoms with Gasteiger partial charge in [-0.25, -0.2) is 0 Å². The molecule has 0 saturated carbocycles. The van der Waals surface area contributed by atoms with Crippen LogP contribution in [-0.4, -0.2) is 35.2 Å². The number of nitrogens with zero attached hydrogens (tertiary/aromatic N) is 2. The Balaban J connectivity index is 0.00000208. The number of hydrogen-bond donors (Lipinski definition) is 2. The predicted molar refractivity (Wildman–Crippen MR) is 94.3 cm³/mol. The van der Waals surface area contributed by atoms with Crippen LogP contribution in [-0.2, 0) is 11.2 Å². The number of amides is 1. The van der Waals surface area contributed by atoms with Crippen LogP contribution in [0.3, 0.4) is 0 Å². The topological polar surface area (TPSA) is 80.0 Å². The Hall–Kier alpha value is -1.63. The molecule has 8 heteroatoms. The van der Waals surface area contributed by atoms with Gasteiger partial charge in [-0.1, -0.05) is 16.8 Å². The van der Waals surface area contributed by atoms with E-state index in [1.54, 1.807) is 12.1 Å². The first kappa shape index (κ1) is 18.7. The van der Waals surface area contributed by atoms with E-state index in [1.807, 2.05) is 12.1 Å². The van der Waals surface area contributed by atoms with Crippen LogP contribution in [0.4, 0.5) is 0 Å². The van der Waals surface area contributed by atoms with Gasteiger partial charge < -0.3 is 15.2 Å². The average Bonchev–Trinajstić information content (AvgIpc) is 3.20. The Kier molecular flexibility index (Phi) is 7.02. The summed E-state index contributed by atoms with van der Waals surface area (Å²) in [6, 6.07) is 7.56. The van der Waals surface area contributed by atoms with E-state index >= 15 is 0 Å². The fourth-order valence-corrected chi connectivity index (χ4v) is 2.73. The molecule has 1 aromatic heterocycles. The van der Waals surface area contributed by atoms with Crippen molar-refractivity contribution in [3.8, 4) is 11.4 Å². The van der Waals surface area contributed by atoms with Crippen molar-refractivity contribution < 1.29 is 9.32 Å². The molecule has 1 fully saturated rings. The lowest BCUT2D eigenvalue weighted by Gasteiger charge is -2.09. The first-order valence-electron chi connectivity index (χ1n) is 7.79. The average molecular weight is 371 g/mol. The molecule has 1 saturated heterocycles. The van der Waals surface area contributed by atoms with Crippen molar-refractivity contribution in [2.75, 3.05) is 13.1 Å². The third-order valence-electron chi connectivity index (χ3n) is 3.83. The summed E-state index contributed by atoms with van der Waals surface area (Å²) in [5, 5.41) is 10.8. The number of halogens is 2. The smallest absolute Gasteiger partial charge is 0.228 e. The number of carbonyl (C=O) groups excluding carboxylic acids is 1. The van der Waals surface area contributed by atoms with Crippen molar-refractivity contribution in [3.05, 3.63) is 35.2 Å². The molecule has 2 N–H and O–H groups in total.